The summed E-state index contributed by atoms with van der Waals surface area (Å²) in [5, 5.41) is 21.4. The van der Waals surface area contributed by atoms with Crippen molar-refractivity contribution in [3.63, 3.8) is 0 Å². The minimum atomic E-state index is -0.905. The van der Waals surface area contributed by atoms with Crippen LogP contribution in [0.2, 0.25) is 5.02 Å². The second-order valence-electron chi connectivity index (χ2n) is 4.51. The van der Waals surface area contributed by atoms with Gasteiger partial charge in [0.05, 0.1) is 11.6 Å². The maximum Gasteiger partial charge on any atom is 0.175 e. The first-order valence-electron chi connectivity index (χ1n) is 6.30. The van der Waals surface area contributed by atoms with Crippen LogP contribution in [-0.2, 0) is 6.61 Å². The van der Waals surface area contributed by atoms with Crippen molar-refractivity contribution in [2.45, 2.75) is 12.8 Å². The van der Waals surface area contributed by atoms with Crippen molar-refractivity contribution in [2.24, 2.45) is 0 Å². The molecule has 2 aromatic rings. The lowest BCUT2D eigenvalue weighted by Gasteiger charge is -2.23. The summed E-state index contributed by atoms with van der Waals surface area (Å²) < 4.78 is 0. The van der Waals surface area contributed by atoms with Crippen molar-refractivity contribution in [3.8, 4) is 0 Å². The summed E-state index contributed by atoms with van der Waals surface area (Å²) in [5.41, 5.74) is 4.99. The largest absolute Gasteiger partial charge is 0.392 e. The van der Waals surface area contributed by atoms with Gasteiger partial charge in [0.1, 0.15) is 0 Å². The quantitative estimate of drug-likeness (QED) is 0.793. The molecule has 0 bridgehead atoms. The molecule has 1 aliphatic rings. The van der Waals surface area contributed by atoms with Crippen molar-refractivity contribution >= 4 is 23.0 Å². The van der Waals surface area contributed by atoms with Crippen LogP contribution in [-0.4, -0.2) is 26.4 Å². The van der Waals surface area contributed by atoms with Crippen molar-refractivity contribution < 1.29 is 10.2 Å². The summed E-state index contributed by atoms with van der Waals surface area (Å²) >= 11 is 6.05. The van der Waals surface area contributed by atoms with E-state index in [2.05, 4.69) is 15.4 Å². The molecule has 0 saturated carbocycles. The molecule has 7 heteroatoms. The number of aliphatic hydroxyl groups is 2. The van der Waals surface area contributed by atoms with E-state index in [1.165, 1.54) is 11.2 Å². The Labute approximate surface area is 126 Å². The maximum atomic E-state index is 10.4. The number of nitrogens with one attached hydrogen (secondary N) is 1. The first-order chi connectivity index (χ1) is 10.2. The Bertz CT molecular complexity index is 678. The number of aromatic nitrogens is 2. The molecule has 3 heterocycles. The summed E-state index contributed by atoms with van der Waals surface area (Å²) in [6.07, 6.45) is 5.62. The summed E-state index contributed by atoms with van der Waals surface area (Å²) in [5.74, 6) is 0.458. The number of aliphatic hydroxyl groups excluding tert-OH is 2. The highest BCUT2D eigenvalue weighted by Crippen LogP contribution is 2.28. The van der Waals surface area contributed by atoms with Crippen molar-refractivity contribution in [1.82, 2.24) is 15.4 Å². The Hall–Kier alpha value is -2.15. The molecule has 0 aliphatic carbocycles. The molecule has 1 aliphatic heterocycles. The van der Waals surface area contributed by atoms with E-state index in [0.29, 0.717) is 22.0 Å². The molecule has 3 rings (SSSR count). The molecular weight excluding hydrogens is 292 g/mol. The molecule has 2 aromatic heterocycles. The molecule has 6 nitrogen and oxygen atoms in total. The number of nitrogens with zero attached hydrogens (tertiary/aromatic N) is 3. The van der Waals surface area contributed by atoms with E-state index in [-0.39, 0.29) is 6.61 Å². The lowest BCUT2D eigenvalue weighted by molar-refractivity contribution is 0.225. The molecule has 0 radical (unpaired) electrons. The topological polar surface area (TPSA) is 81.5 Å². The van der Waals surface area contributed by atoms with E-state index in [0.717, 1.165) is 5.56 Å². The van der Waals surface area contributed by atoms with E-state index in [1.54, 1.807) is 30.7 Å². The zero-order chi connectivity index (χ0) is 14.8. The van der Waals surface area contributed by atoms with E-state index in [4.69, 9.17) is 16.7 Å². The monoisotopic (exact) mass is 304 g/mol. The second-order valence-corrected chi connectivity index (χ2v) is 4.91. The molecule has 21 heavy (non-hydrogen) atoms. The molecule has 0 fully saturated rings. The molecule has 1 unspecified atom stereocenters. The first kappa shape index (κ1) is 13.8. The molecule has 0 aromatic carbocycles. The Kier molecular flexibility index (Phi) is 3.74. The highest BCUT2D eigenvalue weighted by Gasteiger charge is 2.28. The van der Waals surface area contributed by atoms with Crippen LogP contribution in [0, 0.1) is 0 Å². The lowest BCUT2D eigenvalue weighted by atomic mass is 10.1. The van der Waals surface area contributed by atoms with Gasteiger partial charge in [0.25, 0.3) is 0 Å². The number of hydrazine groups is 1. The van der Waals surface area contributed by atoms with E-state index < -0.39 is 6.23 Å². The highest BCUT2D eigenvalue weighted by atomic mass is 35.5. The van der Waals surface area contributed by atoms with Crippen LogP contribution < -0.4 is 10.4 Å². The van der Waals surface area contributed by atoms with Gasteiger partial charge in [-0.15, -0.1) is 0 Å². The zero-order valence-corrected chi connectivity index (χ0v) is 11.7. The summed E-state index contributed by atoms with van der Waals surface area (Å²) in [6, 6.07) is 5.25. The predicted molar refractivity (Wildman–Crippen MR) is 79.0 cm³/mol. The second kappa shape index (κ2) is 5.69. The fourth-order valence-electron chi connectivity index (χ4n) is 2.08. The van der Waals surface area contributed by atoms with E-state index in [1.807, 2.05) is 6.07 Å². The van der Waals surface area contributed by atoms with Crippen LogP contribution >= 0.6 is 11.6 Å². The Balaban J connectivity index is 1.85. The molecule has 3 N–H and O–H groups in total. The third kappa shape index (κ3) is 2.56. The van der Waals surface area contributed by atoms with E-state index in [9.17, 15) is 5.11 Å². The van der Waals surface area contributed by atoms with Gasteiger partial charge in [-0.2, -0.15) is 0 Å². The number of hydrogen-bond acceptors (Lipinski definition) is 6. The smallest absolute Gasteiger partial charge is 0.175 e. The normalized spacial score (nSPS) is 17.6. The first-order valence-corrected chi connectivity index (χ1v) is 6.67. The average Bonchev–Trinajstić information content (AvgIpc) is 2.90. The zero-order valence-electron chi connectivity index (χ0n) is 10.9. The number of anilines is 1. The van der Waals surface area contributed by atoms with Crippen LogP contribution in [0.4, 0.5) is 5.82 Å². The summed E-state index contributed by atoms with van der Waals surface area (Å²) in [6.45, 7) is -0.179. The number of halogens is 1. The molecule has 0 spiro atoms. The minimum absolute atomic E-state index is 0.179. The predicted octanol–water partition coefficient (Wildman–Crippen LogP) is 1.31. The van der Waals surface area contributed by atoms with E-state index >= 15 is 0 Å². The fraction of sp³-hybridized carbons (Fsp3) is 0.143. The van der Waals surface area contributed by atoms with Crippen molar-refractivity contribution in [3.05, 3.63) is 59.1 Å². The summed E-state index contributed by atoms with van der Waals surface area (Å²) in [4.78, 5) is 8.22. The highest BCUT2D eigenvalue weighted by molar-refractivity contribution is 6.31. The van der Waals surface area contributed by atoms with Crippen LogP contribution in [0.1, 0.15) is 11.1 Å². The van der Waals surface area contributed by atoms with Gasteiger partial charge in [-0.25, -0.2) is 9.99 Å². The van der Waals surface area contributed by atoms with Gasteiger partial charge >= 0.3 is 0 Å². The number of pyridine rings is 2. The van der Waals surface area contributed by atoms with Crippen LogP contribution in [0.5, 0.6) is 0 Å². The third-order valence-electron chi connectivity index (χ3n) is 3.21. The standard InChI is InChI=1S/C14H13ClN4O2/c15-12-4-13(17-6-10(12)8-20)19-14(21)11(7-18-19)9-2-1-3-16-5-9/h1-7,14,18,20-21H,8H2. The molecule has 1 atom stereocenters. The SMILES string of the molecule is OCc1cnc(N2NC=C(c3cccnc3)C2O)cc1Cl. The van der Waals surface area contributed by atoms with Crippen LogP contribution in [0.25, 0.3) is 5.57 Å². The Morgan fingerprint density at radius 2 is 2.24 bits per heavy atom. The third-order valence-corrected chi connectivity index (χ3v) is 3.56. The van der Waals surface area contributed by atoms with Gasteiger partial charge in [0.2, 0.25) is 0 Å². The molecule has 0 amide bonds. The fourth-order valence-corrected chi connectivity index (χ4v) is 2.28. The van der Waals surface area contributed by atoms with Crippen molar-refractivity contribution in [1.29, 1.82) is 0 Å². The maximum absolute atomic E-state index is 10.4. The van der Waals surface area contributed by atoms with Gasteiger partial charge in [-0.05, 0) is 6.07 Å². The van der Waals surface area contributed by atoms with Gasteiger partial charge in [0.15, 0.2) is 12.0 Å². The molecule has 108 valence electrons. The lowest BCUT2D eigenvalue weighted by Crippen LogP contribution is -2.38. The van der Waals surface area contributed by atoms with Gasteiger partial charge in [-0.1, -0.05) is 17.7 Å². The van der Waals surface area contributed by atoms with Gasteiger partial charge in [-0.3, -0.25) is 4.98 Å². The minimum Gasteiger partial charge on any atom is -0.392 e. The molecular formula is C14H13ClN4O2. The van der Waals surface area contributed by atoms with Crippen LogP contribution in [0.3, 0.4) is 0 Å². The summed E-state index contributed by atoms with van der Waals surface area (Å²) in [7, 11) is 0. The molecule has 0 saturated heterocycles. The van der Waals surface area contributed by atoms with Gasteiger partial charge in [0, 0.05) is 47.6 Å². The van der Waals surface area contributed by atoms with Crippen LogP contribution in [0.15, 0.2) is 43.0 Å². The average molecular weight is 305 g/mol. The Morgan fingerprint density at radius 1 is 1.38 bits per heavy atom. The van der Waals surface area contributed by atoms with Crippen molar-refractivity contribution in [2.75, 3.05) is 5.01 Å². The number of rotatable bonds is 3. The van der Waals surface area contributed by atoms with Gasteiger partial charge < -0.3 is 15.6 Å². The Morgan fingerprint density at radius 3 is 2.90 bits per heavy atom. The number of hydrogen-bond donors (Lipinski definition) is 3.